The van der Waals surface area contributed by atoms with Gasteiger partial charge in [-0.25, -0.2) is 0 Å². The van der Waals surface area contributed by atoms with Crippen LogP contribution in [-0.2, 0) is 17.6 Å². The fourth-order valence-corrected chi connectivity index (χ4v) is 2.07. The highest BCUT2D eigenvalue weighted by Crippen LogP contribution is 2.25. The topological polar surface area (TPSA) is 29.1 Å². The zero-order valence-electron chi connectivity index (χ0n) is 12.3. The summed E-state index contributed by atoms with van der Waals surface area (Å²) in [5.74, 6) is 0.109. The molecule has 0 unspecified atom stereocenters. The molecule has 0 saturated heterocycles. The molecule has 0 aromatic heterocycles. The van der Waals surface area contributed by atoms with E-state index >= 15 is 0 Å². The minimum absolute atomic E-state index is 0.0254. The number of carbonyl (C=O) groups excluding carboxylic acids is 1. The number of benzene rings is 1. The van der Waals surface area contributed by atoms with Gasteiger partial charge in [-0.15, -0.1) is 0 Å². The van der Waals surface area contributed by atoms with Crippen molar-refractivity contribution in [2.75, 3.05) is 5.32 Å². The molecule has 0 spiro atoms. The van der Waals surface area contributed by atoms with Crippen molar-refractivity contribution in [1.29, 1.82) is 0 Å². The molecule has 1 N–H and O–H groups in total. The third-order valence-corrected chi connectivity index (χ3v) is 2.95. The van der Waals surface area contributed by atoms with Gasteiger partial charge in [0.1, 0.15) is 0 Å². The van der Waals surface area contributed by atoms with Gasteiger partial charge in [0, 0.05) is 12.1 Å². The second-order valence-electron chi connectivity index (χ2n) is 5.94. The van der Waals surface area contributed by atoms with Gasteiger partial charge in [0.15, 0.2) is 0 Å². The van der Waals surface area contributed by atoms with E-state index in [1.165, 1.54) is 11.1 Å². The maximum atomic E-state index is 12.1. The maximum Gasteiger partial charge on any atom is 0.224 e. The molecule has 0 atom stereocenters. The molecule has 1 amide bonds. The summed E-state index contributed by atoms with van der Waals surface area (Å²) >= 11 is 0. The first kappa shape index (κ1) is 14.7. The van der Waals surface area contributed by atoms with Crippen LogP contribution >= 0.6 is 0 Å². The summed E-state index contributed by atoms with van der Waals surface area (Å²) in [4.78, 5) is 12.1. The third-order valence-electron chi connectivity index (χ3n) is 2.95. The number of rotatable bonds is 4. The Morgan fingerprint density at radius 3 is 2.00 bits per heavy atom. The quantitative estimate of drug-likeness (QED) is 0.849. The van der Waals surface area contributed by atoms with Crippen molar-refractivity contribution in [2.24, 2.45) is 5.41 Å². The van der Waals surface area contributed by atoms with Crippen molar-refractivity contribution in [3.63, 3.8) is 0 Å². The predicted molar refractivity (Wildman–Crippen MR) is 77.9 cm³/mol. The molecule has 100 valence electrons. The van der Waals surface area contributed by atoms with Crippen LogP contribution < -0.4 is 5.32 Å². The fraction of sp³-hybridized carbons (Fsp3) is 0.562. The van der Waals surface area contributed by atoms with Crippen LogP contribution in [0.4, 0.5) is 5.69 Å². The second-order valence-corrected chi connectivity index (χ2v) is 5.94. The zero-order valence-corrected chi connectivity index (χ0v) is 12.3. The average molecular weight is 247 g/mol. The number of para-hydroxylation sites is 1. The molecule has 0 fully saturated rings. The van der Waals surface area contributed by atoms with Crippen molar-refractivity contribution in [2.45, 2.75) is 53.9 Å². The number of aryl methyl sites for hydroxylation is 2. The molecule has 18 heavy (non-hydrogen) atoms. The van der Waals surface area contributed by atoms with Crippen LogP contribution in [0.15, 0.2) is 18.2 Å². The monoisotopic (exact) mass is 247 g/mol. The van der Waals surface area contributed by atoms with Crippen molar-refractivity contribution in [1.82, 2.24) is 0 Å². The van der Waals surface area contributed by atoms with Gasteiger partial charge < -0.3 is 5.32 Å². The van der Waals surface area contributed by atoms with Crippen LogP contribution in [0.2, 0.25) is 0 Å². The Morgan fingerprint density at radius 2 is 1.61 bits per heavy atom. The molecular weight excluding hydrogens is 222 g/mol. The third kappa shape index (κ3) is 4.17. The highest BCUT2D eigenvalue weighted by Gasteiger charge is 2.17. The summed E-state index contributed by atoms with van der Waals surface area (Å²) in [5, 5.41) is 3.10. The van der Waals surface area contributed by atoms with Gasteiger partial charge in [0.05, 0.1) is 0 Å². The summed E-state index contributed by atoms with van der Waals surface area (Å²) in [6, 6.07) is 6.24. The molecule has 0 bridgehead atoms. The lowest BCUT2D eigenvalue weighted by molar-refractivity contribution is -0.117. The summed E-state index contributed by atoms with van der Waals surface area (Å²) in [7, 11) is 0. The molecule has 0 saturated carbocycles. The Morgan fingerprint density at radius 1 is 1.11 bits per heavy atom. The molecule has 1 aromatic rings. The van der Waals surface area contributed by atoms with Crippen LogP contribution in [0.3, 0.4) is 0 Å². The van der Waals surface area contributed by atoms with E-state index in [0.717, 1.165) is 18.5 Å². The highest BCUT2D eigenvalue weighted by atomic mass is 16.1. The summed E-state index contributed by atoms with van der Waals surface area (Å²) in [6.45, 7) is 10.5. The van der Waals surface area contributed by atoms with Gasteiger partial charge in [-0.1, -0.05) is 52.8 Å². The predicted octanol–water partition coefficient (Wildman–Crippen LogP) is 4.19. The van der Waals surface area contributed by atoms with Crippen LogP contribution in [0, 0.1) is 5.41 Å². The van der Waals surface area contributed by atoms with Gasteiger partial charge in [-0.2, -0.15) is 0 Å². The largest absolute Gasteiger partial charge is 0.326 e. The summed E-state index contributed by atoms with van der Waals surface area (Å²) in [6.07, 6.45) is 2.44. The van der Waals surface area contributed by atoms with E-state index in [0.29, 0.717) is 6.42 Å². The molecule has 0 heterocycles. The molecule has 2 heteroatoms. The van der Waals surface area contributed by atoms with Gasteiger partial charge >= 0.3 is 0 Å². The first-order valence-corrected chi connectivity index (χ1v) is 6.78. The van der Waals surface area contributed by atoms with Crippen molar-refractivity contribution < 1.29 is 4.79 Å². The first-order chi connectivity index (χ1) is 8.37. The minimum atomic E-state index is 0.0254. The SMILES string of the molecule is CCc1cccc(CC)c1NC(=O)CC(C)(C)C. The zero-order chi connectivity index (χ0) is 13.8. The van der Waals surface area contributed by atoms with E-state index in [2.05, 4.69) is 58.1 Å². The lowest BCUT2D eigenvalue weighted by atomic mass is 9.91. The summed E-state index contributed by atoms with van der Waals surface area (Å²) < 4.78 is 0. The number of hydrogen-bond donors (Lipinski definition) is 1. The molecule has 0 aliphatic heterocycles. The van der Waals surface area contributed by atoms with Crippen LogP contribution in [0.5, 0.6) is 0 Å². The van der Waals surface area contributed by atoms with Crippen molar-refractivity contribution >= 4 is 11.6 Å². The number of anilines is 1. The second kappa shape index (κ2) is 6.03. The lowest BCUT2D eigenvalue weighted by Crippen LogP contribution is -2.21. The van der Waals surface area contributed by atoms with Crippen LogP contribution in [-0.4, -0.2) is 5.91 Å². The number of nitrogens with one attached hydrogen (secondary N) is 1. The standard InChI is InChI=1S/C16H25NO/c1-6-12-9-8-10-13(7-2)15(12)17-14(18)11-16(3,4)5/h8-10H,6-7,11H2,1-5H3,(H,17,18). The van der Waals surface area contributed by atoms with E-state index in [-0.39, 0.29) is 11.3 Å². The van der Waals surface area contributed by atoms with E-state index in [9.17, 15) is 4.79 Å². The molecule has 0 aliphatic rings. The van der Waals surface area contributed by atoms with Crippen molar-refractivity contribution in [3.8, 4) is 0 Å². The Hall–Kier alpha value is -1.31. The normalized spacial score (nSPS) is 11.4. The van der Waals surface area contributed by atoms with Crippen LogP contribution in [0.25, 0.3) is 0 Å². The number of amides is 1. The van der Waals surface area contributed by atoms with E-state index in [1.54, 1.807) is 0 Å². The smallest absolute Gasteiger partial charge is 0.224 e. The lowest BCUT2D eigenvalue weighted by Gasteiger charge is -2.19. The van der Waals surface area contributed by atoms with E-state index in [1.807, 2.05) is 0 Å². The fourth-order valence-electron chi connectivity index (χ4n) is 2.07. The highest BCUT2D eigenvalue weighted by molar-refractivity contribution is 5.92. The molecule has 0 aliphatic carbocycles. The molecular formula is C16H25NO. The molecule has 0 radical (unpaired) electrons. The van der Waals surface area contributed by atoms with Crippen LogP contribution in [0.1, 0.15) is 52.2 Å². The van der Waals surface area contributed by atoms with E-state index in [4.69, 9.17) is 0 Å². The average Bonchev–Trinajstić information content (AvgIpc) is 2.26. The number of hydrogen-bond acceptors (Lipinski definition) is 1. The molecule has 2 nitrogen and oxygen atoms in total. The molecule has 1 rings (SSSR count). The Labute approximate surface area is 111 Å². The Bertz CT molecular complexity index is 393. The van der Waals surface area contributed by atoms with Gasteiger partial charge in [-0.05, 0) is 29.4 Å². The van der Waals surface area contributed by atoms with Gasteiger partial charge in [0.2, 0.25) is 5.91 Å². The first-order valence-electron chi connectivity index (χ1n) is 6.78. The minimum Gasteiger partial charge on any atom is -0.326 e. The van der Waals surface area contributed by atoms with Gasteiger partial charge in [-0.3, -0.25) is 4.79 Å². The van der Waals surface area contributed by atoms with Gasteiger partial charge in [0.25, 0.3) is 0 Å². The Kier molecular flexibility index (Phi) is 4.94. The maximum absolute atomic E-state index is 12.1. The summed E-state index contributed by atoms with van der Waals surface area (Å²) in [5.41, 5.74) is 3.49. The number of carbonyl (C=O) groups is 1. The van der Waals surface area contributed by atoms with Crippen molar-refractivity contribution in [3.05, 3.63) is 29.3 Å². The molecule has 1 aromatic carbocycles. The Balaban J connectivity index is 2.92. The van der Waals surface area contributed by atoms with E-state index < -0.39 is 0 Å².